The van der Waals surface area contributed by atoms with Crippen LogP contribution in [0.1, 0.15) is 23.3 Å². The fraction of sp³-hybridized carbons (Fsp3) is 0.667. The first kappa shape index (κ1) is 17.2. The van der Waals surface area contributed by atoms with Gasteiger partial charge in [-0.3, -0.25) is 9.59 Å². The first-order chi connectivity index (χ1) is 12.6. The molecule has 3 heterocycles. The molecule has 2 saturated heterocycles. The minimum absolute atomic E-state index is 0.0682. The Labute approximate surface area is 153 Å². The Morgan fingerprint density at radius 1 is 0.923 bits per heavy atom. The average Bonchev–Trinajstić information content (AvgIpc) is 3.53. The van der Waals surface area contributed by atoms with Crippen LogP contribution >= 0.6 is 0 Å². The Balaban J connectivity index is 1.37. The van der Waals surface area contributed by atoms with Crippen molar-refractivity contribution < 1.29 is 9.59 Å². The van der Waals surface area contributed by atoms with Gasteiger partial charge in [0.05, 0.1) is 0 Å². The lowest BCUT2D eigenvalue weighted by molar-refractivity contribution is -0.134. The van der Waals surface area contributed by atoms with Gasteiger partial charge in [-0.1, -0.05) is 0 Å². The van der Waals surface area contributed by atoms with E-state index in [1.54, 1.807) is 11.0 Å². The molecule has 0 N–H and O–H groups in total. The fourth-order valence-electron chi connectivity index (χ4n) is 3.55. The molecule has 8 nitrogen and oxygen atoms in total. The second kappa shape index (κ2) is 7.19. The molecule has 0 spiro atoms. The van der Waals surface area contributed by atoms with E-state index in [2.05, 4.69) is 26.8 Å². The molecule has 0 aromatic carbocycles. The summed E-state index contributed by atoms with van der Waals surface area (Å²) >= 11 is 0. The number of piperazine rings is 2. The highest BCUT2D eigenvalue weighted by Gasteiger charge is 2.35. The predicted molar refractivity (Wildman–Crippen MR) is 96.9 cm³/mol. The molecule has 26 heavy (non-hydrogen) atoms. The van der Waals surface area contributed by atoms with E-state index in [0.29, 0.717) is 31.9 Å². The Hall–Kier alpha value is -2.22. The minimum atomic E-state index is -0.0682. The molecule has 0 radical (unpaired) electrons. The molecule has 1 saturated carbocycles. The third kappa shape index (κ3) is 3.65. The van der Waals surface area contributed by atoms with E-state index in [9.17, 15) is 9.59 Å². The normalized spacial score (nSPS) is 21.8. The maximum atomic E-state index is 12.8. The molecule has 8 heteroatoms. The lowest BCUT2D eigenvalue weighted by Crippen LogP contribution is -2.51. The molecule has 140 valence electrons. The lowest BCUT2D eigenvalue weighted by atomic mass is 10.2. The summed E-state index contributed by atoms with van der Waals surface area (Å²) in [6.45, 7) is 6.19. The highest BCUT2D eigenvalue weighted by molar-refractivity contribution is 5.93. The van der Waals surface area contributed by atoms with Crippen LogP contribution in [0.5, 0.6) is 0 Å². The van der Waals surface area contributed by atoms with E-state index in [4.69, 9.17) is 0 Å². The zero-order chi connectivity index (χ0) is 18.1. The van der Waals surface area contributed by atoms with Crippen molar-refractivity contribution in [1.82, 2.24) is 24.7 Å². The number of hydrogen-bond acceptors (Lipinski definition) is 6. The van der Waals surface area contributed by atoms with Crippen LogP contribution in [0.25, 0.3) is 0 Å². The Bertz CT molecular complexity index is 676. The number of amides is 2. The Morgan fingerprint density at radius 2 is 1.58 bits per heavy atom. The number of rotatable bonds is 3. The number of carbonyl (C=O) groups is 2. The lowest BCUT2D eigenvalue weighted by Gasteiger charge is -2.35. The first-order valence-electron chi connectivity index (χ1n) is 9.45. The second-order valence-corrected chi connectivity index (χ2v) is 7.44. The van der Waals surface area contributed by atoms with Gasteiger partial charge in [0.15, 0.2) is 0 Å². The maximum Gasteiger partial charge on any atom is 0.272 e. The summed E-state index contributed by atoms with van der Waals surface area (Å²) in [5.74, 6) is 1.25. The quantitative estimate of drug-likeness (QED) is 0.753. The van der Waals surface area contributed by atoms with Crippen molar-refractivity contribution in [3.8, 4) is 0 Å². The summed E-state index contributed by atoms with van der Waals surface area (Å²) in [5, 5.41) is 0. The zero-order valence-corrected chi connectivity index (χ0v) is 15.3. The molecule has 0 unspecified atom stereocenters. The molecular formula is C18H26N6O2. The molecule has 3 aliphatic rings. The van der Waals surface area contributed by atoms with Crippen LogP contribution in [0, 0.1) is 5.92 Å². The van der Waals surface area contributed by atoms with Crippen molar-refractivity contribution in [2.45, 2.75) is 12.8 Å². The van der Waals surface area contributed by atoms with E-state index in [1.165, 1.54) is 6.33 Å². The standard InChI is InChI=1S/C18H26N6O2/c1-21-4-6-22(7-5-21)16-12-15(19-13-20-16)18(26)24-10-8-23(9-11-24)17(25)14-2-3-14/h12-14H,2-11H2,1H3. The minimum Gasteiger partial charge on any atom is -0.354 e. The highest BCUT2D eigenvalue weighted by atomic mass is 16.2. The van der Waals surface area contributed by atoms with Gasteiger partial charge in [-0.15, -0.1) is 0 Å². The number of hydrogen-bond donors (Lipinski definition) is 0. The van der Waals surface area contributed by atoms with Crippen LogP contribution in [0.4, 0.5) is 5.82 Å². The first-order valence-corrected chi connectivity index (χ1v) is 9.45. The van der Waals surface area contributed by atoms with Crippen LogP contribution < -0.4 is 4.90 Å². The van der Waals surface area contributed by atoms with Crippen LogP contribution in [-0.2, 0) is 4.79 Å². The van der Waals surface area contributed by atoms with E-state index in [0.717, 1.165) is 44.8 Å². The van der Waals surface area contributed by atoms with Crippen LogP contribution in [0.15, 0.2) is 12.4 Å². The van der Waals surface area contributed by atoms with Crippen LogP contribution in [0.3, 0.4) is 0 Å². The van der Waals surface area contributed by atoms with Gasteiger partial charge in [-0.2, -0.15) is 0 Å². The van der Waals surface area contributed by atoms with Gasteiger partial charge >= 0.3 is 0 Å². The van der Waals surface area contributed by atoms with E-state index in [1.807, 2.05) is 4.90 Å². The summed E-state index contributed by atoms with van der Waals surface area (Å²) in [4.78, 5) is 41.7. The monoisotopic (exact) mass is 358 g/mol. The van der Waals surface area contributed by atoms with Crippen LogP contribution in [0.2, 0.25) is 0 Å². The molecule has 0 atom stereocenters. The summed E-state index contributed by atoms with van der Waals surface area (Å²) in [5.41, 5.74) is 0.441. The number of likely N-dealkylation sites (N-methyl/N-ethyl adjacent to an activating group) is 1. The average molecular weight is 358 g/mol. The van der Waals surface area contributed by atoms with Crippen molar-refractivity contribution in [2.24, 2.45) is 5.92 Å². The van der Waals surface area contributed by atoms with Crippen molar-refractivity contribution in [3.63, 3.8) is 0 Å². The smallest absolute Gasteiger partial charge is 0.272 e. The van der Waals surface area contributed by atoms with Gasteiger partial charge in [0.2, 0.25) is 5.91 Å². The van der Waals surface area contributed by atoms with Gasteiger partial charge < -0.3 is 19.6 Å². The Morgan fingerprint density at radius 3 is 2.23 bits per heavy atom. The fourth-order valence-corrected chi connectivity index (χ4v) is 3.55. The van der Waals surface area contributed by atoms with E-state index in [-0.39, 0.29) is 17.7 Å². The summed E-state index contributed by atoms with van der Waals surface area (Å²) in [6, 6.07) is 1.80. The number of anilines is 1. The van der Waals surface area contributed by atoms with Crippen molar-refractivity contribution in [1.29, 1.82) is 0 Å². The zero-order valence-electron chi connectivity index (χ0n) is 15.3. The Kier molecular flexibility index (Phi) is 4.76. The SMILES string of the molecule is CN1CCN(c2cc(C(=O)N3CCN(C(=O)C4CC4)CC3)ncn2)CC1. The van der Waals surface area contributed by atoms with Crippen molar-refractivity contribution >= 4 is 17.6 Å². The molecule has 2 aliphatic heterocycles. The molecule has 0 bridgehead atoms. The second-order valence-electron chi connectivity index (χ2n) is 7.44. The summed E-state index contributed by atoms with van der Waals surface area (Å²) in [6.07, 6.45) is 3.52. The molecule has 1 aromatic rings. The molecule has 3 fully saturated rings. The molecule has 1 aliphatic carbocycles. The van der Waals surface area contributed by atoms with Gasteiger partial charge in [0.25, 0.3) is 5.91 Å². The molecule has 4 rings (SSSR count). The van der Waals surface area contributed by atoms with Gasteiger partial charge in [0.1, 0.15) is 17.8 Å². The van der Waals surface area contributed by atoms with Crippen molar-refractivity contribution in [2.75, 3.05) is 64.3 Å². The van der Waals surface area contributed by atoms with Gasteiger partial charge in [-0.05, 0) is 19.9 Å². The largest absolute Gasteiger partial charge is 0.354 e. The topological polar surface area (TPSA) is 72.9 Å². The number of aromatic nitrogens is 2. The molecule has 1 aromatic heterocycles. The molecular weight excluding hydrogens is 332 g/mol. The maximum absolute atomic E-state index is 12.8. The van der Waals surface area contributed by atoms with Crippen LogP contribution in [-0.4, -0.2) is 95.9 Å². The van der Waals surface area contributed by atoms with E-state index < -0.39 is 0 Å². The van der Waals surface area contributed by atoms with Crippen molar-refractivity contribution in [3.05, 3.63) is 18.1 Å². The summed E-state index contributed by atoms with van der Waals surface area (Å²) < 4.78 is 0. The number of carbonyl (C=O) groups excluding carboxylic acids is 2. The molecule has 2 amide bonds. The number of nitrogens with zero attached hydrogens (tertiary/aromatic N) is 6. The van der Waals surface area contributed by atoms with E-state index >= 15 is 0 Å². The third-order valence-corrected chi connectivity index (χ3v) is 5.50. The third-order valence-electron chi connectivity index (χ3n) is 5.50. The van der Waals surface area contributed by atoms with Gasteiger partial charge in [-0.25, -0.2) is 9.97 Å². The summed E-state index contributed by atoms with van der Waals surface area (Å²) in [7, 11) is 2.11. The van der Waals surface area contributed by atoms with Gasteiger partial charge in [0, 0.05) is 64.3 Å². The highest BCUT2D eigenvalue weighted by Crippen LogP contribution is 2.31. The predicted octanol–water partition coefficient (Wildman–Crippen LogP) is -0.0772.